The first-order valence-corrected chi connectivity index (χ1v) is 13.0. The number of fused-ring (bicyclic) bond motifs is 1. The molecule has 1 saturated heterocycles. The van der Waals surface area contributed by atoms with E-state index in [1.165, 1.54) is 9.87 Å². The molecule has 1 fully saturated rings. The lowest BCUT2D eigenvalue weighted by Crippen LogP contribution is -2.50. The molecule has 2 aromatic rings. The van der Waals surface area contributed by atoms with E-state index in [1.54, 1.807) is 36.3 Å². The van der Waals surface area contributed by atoms with E-state index in [9.17, 15) is 13.2 Å². The zero-order valence-electron chi connectivity index (χ0n) is 19.5. The van der Waals surface area contributed by atoms with Crippen LogP contribution >= 0.6 is 0 Å². The van der Waals surface area contributed by atoms with Crippen LogP contribution in [0.2, 0.25) is 0 Å². The van der Waals surface area contributed by atoms with E-state index >= 15 is 0 Å². The smallest absolute Gasteiger partial charge is 0.254 e. The summed E-state index contributed by atoms with van der Waals surface area (Å²) in [7, 11) is -2.04. The van der Waals surface area contributed by atoms with Gasteiger partial charge in [-0.25, -0.2) is 8.42 Å². The Morgan fingerprint density at radius 3 is 2.27 bits per heavy atom. The van der Waals surface area contributed by atoms with E-state index in [0.717, 1.165) is 31.2 Å². The third kappa shape index (κ3) is 5.01. The van der Waals surface area contributed by atoms with Gasteiger partial charge in [-0.3, -0.25) is 4.79 Å². The third-order valence-corrected chi connectivity index (χ3v) is 8.15. The normalized spacial score (nSPS) is 17.0. The van der Waals surface area contributed by atoms with Gasteiger partial charge in [-0.15, -0.1) is 0 Å². The van der Waals surface area contributed by atoms with E-state index in [-0.39, 0.29) is 25.1 Å². The van der Waals surface area contributed by atoms with Crippen LogP contribution in [0.15, 0.2) is 41.3 Å². The van der Waals surface area contributed by atoms with Crippen molar-refractivity contribution in [2.24, 2.45) is 0 Å². The summed E-state index contributed by atoms with van der Waals surface area (Å²) >= 11 is 0. The van der Waals surface area contributed by atoms with Crippen LogP contribution in [-0.4, -0.2) is 62.9 Å². The molecular formula is C25H32N2O5S. The highest BCUT2D eigenvalue weighted by Crippen LogP contribution is 2.30. The summed E-state index contributed by atoms with van der Waals surface area (Å²) in [5.74, 6) is 0.948. The van der Waals surface area contributed by atoms with Crippen molar-refractivity contribution in [3.63, 3.8) is 0 Å². The minimum absolute atomic E-state index is 0.00871. The molecule has 0 unspecified atom stereocenters. The minimum atomic E-state index is -3.58. The van der Waals surface area contributed by atoms with Gasteiger partial charge in [0.15, 0.2) is 11.5 Å². The van der Waals surface area contributed by atoms with E-state index < -0.39 is 10.0 Å². The average molecular weight is 473 g/mol. The molecule has 0 atom stereocenters. The first-order chi connectivity index (χ1) is 15.8. The monoisotopic (exact) mass is 472 g/mol. The second-order valence-corrected chi connectivity index (χ2v) is 10.8. The molecule has 8 heteroatoms. The summed E-state index contributed by atoms with van der Waals surface area (Å²) in [6.45, 7) is 5.09. The number of ether oxygens (including phenoxy) is 2. The summed E-state index contributed by atoms with van der Waals surface area (Å²) in [6.07, 6.45) is 4.21. The number of hydrogen-bond acceptors (Lipinski definition) is 5. The summed E-state index contributed by atoms with van der Waals surface area (Å²) in [6, 6.07) is 10.7. The summed E-state index contributed by atoms with van der Waals surface area (Å²) in [5, 5.41) is 0. The fraction of sp³-hybridized carbons (Fsp3) is 0.480. The Morgan fingerprint density at radius 1 is 0.909 bits per heavy atom. The van der Waals surface area contributed by atoms with Crippen LogP contribution in [-0.2, 0) is 22.9 Å². The SMILES string of the molecule is COc1cc(C(=O)N2CCN(S(=O)(=O)c3ccc4c(c3)CCCC4)CC2)ccc1OC(C)C. The number of carbonyl (C=O) groups excluding carboxylic acids is 1. The van der Waals surface area contributed by atoms with Gasteiger partial charge in [0.2, 0.25) is 10.0 Å². The van der Waals surface area contributed by atoms with Crippen LogP contribution in [0, 0.1) is 0 Å². The van der Waals surface area contributed by atoms with Crippen molar-refractivity contribution in [1.29, 1.82) is 0 Å². The molecule has 0 N–H and O–H groups in total. The van der Waals surface area contributed by atoms with E-state index in [1.807, 2.05) is 26.0 Å². The number of benzene rings is 2. The standard InChI is InChI=1S/C25H32N2O5S/c1-18(2)32-23-11-9-21(17-24(23)31-3)25(28)26-12-14-27(15-13-26)33(29,30)22-10-8-19-6-4-5-7-20(19)16-22/h8-11,16-18H,4-7,12-15H2,1-3H3. The predicted octanol–water partition coefficient (Wildman–Crippen LogP) is 3.51. The van der Waals surface area contributed by atoms with Gasteiger partial charge in [-0.1, -0.05) is 6.07 Å². The Labute approximate surface area is 196 Å². The number of amides is 1. The molecule has 0 bridgehead atoms. The largest absolute Gasteiger partial charge is 0.493 e. The molecule has 2 aliphatic rings. The number of sulfonamides is 1. The van der Waals surface area contributed by atoms with Crippen molar-refractivity contribution in [1.82, 2.24) is 9.21 Å². The maximum atomic E-state index is 13.2. The Balaban J connectivity index is 1.43. The average Bonchev–Trinajstić information content (AvgIpc) is 2.83. The molecular weight excluding hydrogens is 440 g/mol. The highest BCUT2D eigenvalue weighted by molar-refractivity contribution is 7.89. The highest BCUT2D eigenvalue weighted by atomic mass is 32.2. The Bertz CT molecular complexity index is 1120. The molecule has 2 aromatic carbocycles. The highest BCUT2D eigenvalue weighted by Gasteiger charge is 2.31. The number of hydrogen-bond donors (Lipinski definition) is 0. The second-order valence-electron chi connectivity index (χ2n) is 8.87. The van der Waals surface area contributed by atoms with E-state index in [4.69, 9.17) is 9.47 Å². The Morgan fingerprint density at radius 2 is 1.61 bits per heavy atom. The van der Waals surface area contributed by atoms with Gasteiger partial charge in [0, 0.05) is 31.7 Å². The fourth-order valence-electron chi connectivity index (χ4n) is 4.49. The molecule has 0 saturated carbocycles. The minimum Gasteiger partial charge on any atom is -0.493 e. The molecule has 1 heterocycles. The Hall–Kier alpha value is -2.58. The lowest BCUT2D eigenvalue weighted by atomic mass is 9.92. The summed E-state index contributed by atoms with van der Waals surface area (Å²) in [5.41, 5.74) is 2.90. The zero-order chi connectivity index (χ0) is 23.6. The van der Waals surface area contributed by atoms with Gasteiger partial charge in [0.25, 0.3) is 5.91 Å². The molecule has 4 rings (SSSR count). The lowest BCUT2D eigenvalue weighted by molar-refractivity contribution is 0.0697. The molecule has 0 spiro atoms. The lowest BCUT2D eigenvalue weighted by Gasteiger charge is -2.34. The van der Waals surface area contributed by atoms with Gasteiger partial charge >= 0.3 is 0 Å². The number of nitrogens with zero attached hydrogens (tertiary/aromatic N) is 2. The fourth-order valence-corrected chi connectivity index (χ4v) is 5.96. The number of methoxy groups -OCH3 is 1. The van der Waals surface area contributed by atoms with Crippen molar-refractivity contribution in [2.75, 3.05) is 33.3 Å². The quantitative estimate of drug-likeness (QED) is 0.643. The van der Waals surface area contributed by atoms with E-state index in [0.29, 0.717) is 35.0 Å². The van der Waals surface area contributed by atoms with Crippen LogP contribution < -0.4 is 9.47 Å². The molecule has 1 aliphatic heterocycles. The van der Waals surface area contributed by atoms with Crippen LogP contribution in [0.4, 0.5) is 0 Å². The van der Waals surface area contributed by atoms with Crippen molar-refractivity contribution in [3.05, 3.63) is 53.1 Å². The topological polar surface area (TPSA) is 76.2 Å². The number of piperazine rings is 1. The predicted molar refractivity (Wildman–Crippen MR) is 127 cm³/mol. The van der Waals surface area contributed by atoms with E-state index in [2.05, 4.69) is 0 Å². The third-order valence-electron chi connectivity index (χ3n) is 6.26. The maximum absolute atomic E-state index is 13.2. The van der Waals surface area contributed by atoms with Crippen LogP contribution in [0.1, 0.15) is 48.2 Å². The number of aryl methyl sites for hydroxylation is 2. The van der Waals surface area contributed by atoms with Gasteiger partial charge < -0.3 is 14.4 Å². The molecule has 1 aliphatic carbocycles. The first-order valence-electron chi connectivity index (χ1n) is 11.6. The maximum Gasteiger partial charge on any atom is 0.254 e. The Kier molecular flexibility index (Phi) is 6.95. The molecule has 178 valence electrons. The van der Waals surface area contributed by atoms with Crippen LogP contribution in [0.25, 0.3) is 0 Å². The molecule has 0 radical (unpaired) electrons. The summed E-state index contributed by atoms with van der Waals surface area (Å²) < 4.78 is 39.0. The van der Waals surface area contributed by atoms with Crippen LogP contribution in [0.3, 0.4) is 0 Å². The summed E-state index contributed by atoms with van der Waals surface area (Å²) in [4.78, 5) is 15.1. The molecule has 0 aromatic heterocycles. The van der Waals surface area contributed by atoms with Crippen LogP contribution in [0.5, 0.6) is 11.5 Å². The van der Waals surface area contributed by atoms with Crippen molar-refractivity contribution < 1.29 is 22.7 Å². The molecule has 7 nitrogen and oxygen atoms in total. The van der Waals surface area contributed by atoms with Crippen molar-refractivity contribution in [3.8, 4) is 11.5 Å². The number of rotatable bonds is 6. The second kappa shape index (κ2) is 9.73. The molecule has 1 amide bonds. The first kappa shape index (κ1) is 23.6. The van der Waals surface area contributed by atoms with Crippen molar-refractivity contribution in [2.45, 2.75) is 50.5 Å². The van der Waals surface area contributed by atoms with Gasteiger partial charge in [-0.05, 0) is 81.0 Å². The van der Waals surface area contributed by atoms with Gasteiger partial charge in [0.1, 0.15) is 0 Å². The van der Waals surface area contributed by atoms with Gasteiger partial charge in [0.05, 0.1) is 18.1 Å². The van der Waals surface area contributed by atoms with Gasteiger partial charge in [-0.2, -0.15) is 4.31 Å². The van der Waals surface area contributed by atoms with Crippen molar-refractivity contribution >= 4 is 15.9 Å². The zero-order valence-corrected chi connectivity index (χ0v) is 20.4. The number of carbonyl (C=O) groups is 1. The molecule has 33 heavy (non-hydrogen) atoms.